The molecule has 0 aromatic carbocycles. The molecule has 2 rings (SSSR count). The Morgan fingerprint density at radius 1 is 1.50 bits per heavy atom. The van der Waals surface area contributed by atoms with Gasteiger partial charge in [0.05, 0.1) is 11.5 Å². The lowest BCUT2D eigenvalue weighted by Crippen LogP contribution is -2.45. The predicted octanol–water partition coefficient (Wildman–Crippen LogP) is 0.0984. The lowest BCUT2D eigenvalue weighted by molar-refractivity contribution is -0.133. The van der Waals surface area contributed by atoms with E-state index < -0.39 is 5.41 Å². The Kier molecular flexibility index (Phi) is 3.61. The van der Waals surface area contributed by atoms with Gasteiger partial charge in [0.25, 0.3) is 0 Å². The maximum Gasteiger partial charge on any atom is 0.239 e. The molecule has 1 aliphatic heterocycles. The number of nitrogens with two attached hydrogens (primary N) is 1. The van der Waals surface area contributed by atoms with E-state index >= 15 is 0 Å². The number of carbonyl (C=O) groups is 2. The van der Waals surface area contributed by atoms with E-state index in [1.54, 1.807) is 11.9 Å². The van der Waals surface area contributed by atoms with E-state index in [1.165, 1.54) is 12.8 Å². The number of hydrogen-bond donors (Lipinski definition) is 2. The fraction of sp³-hybridized carbons (Fsp3) is 0.846. The van der Waals surface area contributed by atoms with Crippen LogP contribution in [0, 0.1) is 11.3 Å². The Hall–Kier alpha value is -1.10. The van der Waals surface area contributed by atoms with Gasteiger partial charge < -0.3 is 16.0 Å². The zero-order chi connectivity index (χ0) is 13.3. The van der Waals surface area contributed by atoms with Crippen LogP contribution in [-0.2, 0) is 9.59 Å². The zero-order valence-corrected chi connectivity index (χ0v) is 11.2. The van der Waals surface area contributed by atoms with E-state index in [0.29, 0.717) is 25.4 Å². The van der Waals surface area contributed by atoms with Gasteiger partial charge >= 0.3 is 0 Å². The van der Waals surface area contributed by atoms with Gasteiger partial charge in [-0.25, -0.2) is 0 Å². The fourth-order valence-corrected chi connectivity index (χ4v) is 2.68. The first kappa shape index (κ1) is 13.3. The average Bonchev–Trinajstić information content (AvgIpc) is 3.07. The average molecular weight is 253 g/mol. The highest BCUT2D eigenvalue weighted by Crippen LogP contribution is 2.34. The van der Waals surface area contributed by atoms with Crippen molar-refractivity contribution in [3.05, 3.63) is 0 Å². The number of carbonyl (C=O) groups excluding carboxylic acids is 2. The number of likely N-dealkylation sites (tertiary alicyclic amines) is 1. The molecule has 0 aromatic heterocycles. The van der Waals surface area contributed by atoms with Gasteiger partial charge in [0, 0.05) is 20.1 Å². The molecule has 102 valence electrons. The SMILES string of the molecule is CNC(=O)C1(C)CCN(C(=O)[C@@H](N)CC2CC2)C1. The number of nitrogens with zero attached hydrogens (tertiary/aromatic N) is 1. The third-order valence-electron chi connectivity index (χ3n) is 4.16. The molecule has 1 aliphatic carbocycles. The van der Waals surface area contributed by atoms with Crippen LogP contribution in [0.2, 0.25) is 0 Å². The summed E-state index contributed by atoms with van der Waals surface area (Å²) in [6.07, 6.45) is 3.93. The van der Waals surface area contributed by atoms with E-state index in [2.05, 4.69) is 5.32 Å². The van der Waals surface area contributed by atoms with Gasteiger partial charge in [-0.3, -0.25) is 9.59 Å². The van der Waals surface area contributed by atoms with Crippen molar-refractivity contribution >= 4 is 11.8 Å². The van der Waals surface area contributed by atoms with Crippen molar-refractivity contribution in [3.63, 3.8) is 0 Å². The second kappa shape index (κ2) is 4.88. The standard InChI is InChI=1S/C13H23N3O2/c1-13(12(18)15-2)5-6-16(8-13)11(17)10(14)7-9-3-4-9/h9-10H,3-8,14H2,1-2H3,(H,15,18)/t10-,13?/m0/s1. The topological polar surface area (TPSA) is 75.4 Å². The van der Waals surface area contributed by atoms with Crippen LogP contribution < -0.4 is 11.1 Å². The number of rotatable bonds is 4. The normalized spacial score (nSPS) is 29.2. The molecule has 0 spiro atoms. The Bertz CT molecular complexity index is 354. The molecule has 0 aromatic rings. The van der Waals surface area contributed by atoms with Crippen molar-refractivity contribution in [1.29, 1.82) is 0 Å². The molecule has 0 radical (unpaired) electrons. The quantitative estimate of drug-likeness (QED) is 0.746. The van der Waals surface area contributed by atoms with Gasteiger partial charge in [0.2, 0.25) is 11.8 Å². The van der Waals surface area contributed by atoms with Crippen molar-refractivity contribution in [3.8, 4) is 0 Å². The molecule has 0 bridgehead atoms. The maximum atomic E-state index is 12.2. The second-order valence-corrected chi connectivity index (χ2v) is 5.94. The van der Waals surface area contributed by atoms with Crippen molar-refractivity contribution < 1.29 is 9.59 Å². The molecule has 18 heavy (non-hydrogen) atoms. The van der Waals surface area contributed by atoms with Crippen molar-refractivity contribution in [2.24, 2.45) is 17.1 Å². The molecule has 2 aliphatic rings. The molecule has 5 heteroatoms. The van der Waals surface area contributed by atoms with Crippen LogP contribution in [-0.4, -0.2) is 42.9 Å². The van der Waals surface area contributed by atoms with Gasteiger partial charge in [-0.2, -0.15) is 0 Å². The highest BCUT2D eigenvalue weighted by atomic mass is 16.2. The molecule has 2 amide bonds. The van der Waals surface area contributed by atoms with Crippen LogP contribution in [0.4, 0.5) is 0 Å². The maximum absolute atomic E-state index is 12.2. The first-order chi connectivity index (χ1) is 8.46. The van der Waals surface area contributed by atoms with E-state index in [-0.39, 0.29) is 17.9 Å². The minimum Gasteiger partial charge on any atom is -0.359 e. The minimum absolute atomic E-state index is 0.00793. The van der Waals surface area contributed by atoms with Crippen LogP contribution in [0.3, 0.4) is 0 Å². The fourth-order valence-electron chi connectivity index (χ4n) is 2.68. The predicted molar refractivity (Wildman–Crippen MR) is 68.7 cm³/mol. The van der Waals surface area contributed by atoms with Gasteiger partial charge in [0.1, 0.15) is 0 Å². The van der Waals surface area contributed by atoms with Crippen molar-refractivity contribution in [2.45, 2.75) is 38.6 Å². The summed E-state index contributed by atoms with van der Waals surface area (Å²) in [5.74, 6) is 0.667. The van der Waals surface area contributed by atoms with Crippen LogP contribution in [0.5, 0.6) is 0 Å². The Morgan fingerprint density at radius 3 is 2.72 bits per heavy atom. The van der Waals surface area contributed by atoms with Crippen molar-refractivity contribution in [2.75, 3.05) is 20.1 Å². The summed E-state index contributed by atoms with van der Waals surface area (Å²) in [7, 11) is 1.64. The summed E-state index contributed by atoms with van der Waals surface area (Å²) in [5, 5.41) is 2.67. The first-order valence-corrected chi connectivity index (χ1v) is 6.73. The molecule has 3 N–H and O–H groups in total. The summed E-state index contributed by atoms with van der Waals surface area (Å²) in [5.41, 5.74) is 5.49. The van der Waals surface area contributed by atoms with Gasteiger partial charge in [-0.15, -0.1) is 0 Å². The monoisotopic (exact) mass is 253 g/mol. The third-order valence-corrected chi connectivity index (χ3v) is 4.16. The molecular formula is C13H23N3O2. The van der Waals surface area contributed by atoms with Crippen LogP contribution >= 0.6 is 0 Å². The molecule has 2 fully saturated rings. The molecule has 1 saturated carbocycles. The van der Waals surface area contributed by atoms with E-state index in [9.17, 15) is 9.59 Å². The highest BCUT2D eigenvalue weighted by Gasteiger charge is 2.42. The summed E-state index contributed by atoms with van der Waals surface area (Å²) < 4.78 is 0. The summed E-state index contributed by atoms with van der Waals surface area (Å²) in [4.78, 5) is 25.7. The van der Waals surface area contributed by atoms with Crippen LogP contribution in [0.15, 0.2) is 0 Å². The smallest absolute Gasteiger partial charge is 0.239 e. The molecular weight excluding hydrogens is 230 g/mol. The number of amides is 2. The largest absolute Gasteiger partial charge is 0.359 e. The molecule has 1 unspecified atom stereocenters. The number of nitrogens with one attached hydrogen (secondary N) is 1. The van der Waals surface area contributed by atoms with Gasteiger partial charge in [-0.05, 0) is 25.7 Å². The first-order valence-electron chi connectivity index (χ1n) is 6.73. The zero-order valence-electron chi connectivity index (χ0n) is 11.2. The Labute approximate surface area is 108 Å². The van der Waals surface area contributed by atoms with E-state index in [1.807, 2.05) is 6.92 Å². The van der Waals surface area contributed by atoms with Gasteiger partial charge in [-0.1, -0.05) is 12.8 Å². The van der Waals surface area contributed by atoms with Crippen LogP contribution in [0.25, 0.3) is 0 Å². The van der Waals surface area contributed by atoms with E-state index in [4.69, 9.17) is 5.73 Å². The highest BCUT2D eigenvalue weighted by molar-refractivity contribution is 5.86. The Balaban J connectivity index is 1.90. The molecule has 2 atom stereocenters. The molecule has 1 saturated heterocycles. The van der Waals surface area contributed by atoms with Crippen LogP contribution in [0.1, 0.15) is 32.6 Å². The minimum atomic E-state index is -0.455. The van der Waals surface area contributed by atoms with Crippen molar-refractivity contribution in [1.82, 2.24) is 10.2 Å². The number of hydrogen-bond acceptors (Lipinski definition) is 3. The lowest BCUT2D eigenvalue weighted by Gasteiger charge is -2.24. The summed E-state index contributed by atoms with van der Waals surface area (Å²) in [6.45, 7) is 3.04. The molecule has 5 nitrogen and oxygen atoms in total. The summed E-state index contributed by atoms with van der Waals surface area (Å²) >= 11 is 0. The lowest BCUT2D eigenvalue weighted by atomic mass is 9.89. The van der Waals surface area contributed by atoms with Gasteiger partial charge in [0.15, 0.2) is 0 Å². The second-order valence-electron chi connectivity index (χ2n) is 5.94. The summed E-state index contributed by atoms with van der Waals surface area (Å²) in [6, 6.07) is -0.385. The van der Waals surface area contributed by atoms with E-state index in [0.717, 1.165) is 6.42 Å². The Morgan fingerprint density at radius 2 is 2.17 bits per heavy atom. The third kappa shape index (κ3) is 2.66. The molecule has 1 heterocycles.